The van der Waals surface area contributed by atoms with Gasteiger partial charge in [-0.1, -0.05) is 61.9 Å². The first-order valence-electron chi connectivity index (χ1n) is 22.5. The monoisotopic (exact) mass is 934 g/mol. The number of aryl methyl sites for hydroxylation is 1. The number of amides is 3. The number of nitrogens with zero attached hydrogens (tertiary/aromatic N) is 4. The van der Waals surface area contributed by atoms with Gasteiger partial charge in [-0.15, -0.1) is 0 Å². The van der Waals surface area contributed by atoms with Crippen molar-refractivity contribution < 1.29 is 46.3 Å². The number of nitro benzene ring substituents is 1. The molecular formula is C51H60N5O10S+. The number of unbranched alkanes of at least 4 members (excludes halogenated alkanes) is 2. The predicted octanol–water partition coefficient (Wildman–Crippen LogP) is 7.71. The minimum atomic E-state index is -4.42. The Morgan fingerprint density at radius 2 is 1.52 bits per heavy atom. The molecule has 0 fully saturated rings. The molecule has 67 heavy (non-hydrogen) atoms. The number of imide groups is 1. The van der Waals surface area contributed by atoms with Crippen molar-refractivity contribution in [3.63, 3.8) is 0 Å². The van der Waals surface area contributed by atoms with Gasteiger partial charge in [0.2, 0.25) is 11.6 Å². The van der Waals surface area contributed by atoms with E-state index >= 15 is 0 Å². The van der Waals surface area contributed by atoms with E-state index in [4.69, 9.17) is 9.47 Å². The Balaban J connectivity index is 1.06. The zero-order valence-electron chi connectivity index (χ0n) is 38.8. The zero-order chi connectivity index (χ0) is 48.4. The highest BCUT2D eigenvalue weighted by Gasteiger charge is 2.45. The first-order valence-corrected chi connectivity index (χ1v) is 23.9. The maximum Gasteiger partial charge on any atom is 0.294 e. The molecule has 3 aromatic carbocycles. The highest BCUT2D eigenvalue weighted by Crippen LogP contribution is 2.48. The van der Waals surface area contributed by atoms with Gasteiger partial charge in [0.25, 0.3) is 27.6 Å². The Morgan fingerprint density at radius 3 is 2.24 bits per heavy atom. The largest absolute Gasteiger partial charge is 0.377 e. The topological polar surface area (TPSA) is 189 Å². The third-order valence-corrected chi connectivity index (χ3v) is 13.1. The molecule has 354 valence electrons. The highest BCUT2D eigenvalue weighted by molar-refractivity contribution is 7.85. The molecule has 0 saturated carbocycles. The summed E-state index contributed by atoms with van der Waals surface area (Å²) in [6.07, 6.45) is 18.9. The van der Waals surface area contributed by atoms with Crippen LogP contribution in [0.2, 0.25) is 0 Å². The van der Waals surface area contributed by atoms with Gasteiger partial charge in [0.05, 0.1) is 41.7 Å². The number of carbonyl (C=O) groups is 3. The van der Waals surface area contributed by atoms with E-state index in [0.717, 1.165) is 51.7 Å². The average molecular weight is 935 g/mol. The highest BCUT2D eigenvalue weighted by atomic mass is 32.2. The SMILES string of the molecule is Cc1ccc2c(c1)C(C)(C)C(=CC=CC=CC=CC1=[N+](CCCCCC(=O)NCCN3C(=O)C=CC3=O)c3ccc(S(=O)(=O)O)cc3C1(C)C)N2CCOCCOCc1ccc([N+](=O)[O-])cc1. The second-order valence-electron chi connectivity index (χ2n) is 17.7. The molecule has 6 rings (SSSR count). The standard InChI is InChI=1S/C51H59N5O10S/c1-37-17-23-43-41(34-37)50(2,3)46(54(43)30-31-65-32-33-66-36-38-18-20-39(21-19-38)56(60)61)15-11-8-6-7-10-14-45-51(4,5)42-35-40(67(62,63)64)22-24-44(42)53(45)28-13-9-12-16-47(57)52-27-29-55-48(58)25-26-49(55)59/h6-8,10-11,14-15,17-26,34-35H,9,12-13,16,27-33,36H2,1-5H3,(H-,52,57,62,63,64)/p+1. The van der Waals surface area contributed by atoms with Gasteiger partial charge in [-0.25, -0.2) is 0 Å². The summed E-state index contributed by atoms with van der Waals surface area (Å²) in [4.78, 5) is 49.7. The van der Waals surface area contributed by atoms with E-state index < -0.39 is 20.5 Å². The molecule has 3 aliphatic rings. The molecule has 15 nitrogen and oxygen atoms in total. The Kier molecular flexibility index (Phi) is 16.4. The maximum atomic E-state index is 12.5. The summed E-state index contributed by atoms with van der Waals surface area (Å²) in [5.41, 5.74) is 7.34. The Bertz CT molecular complexity index is 2640. The van der Waals surface area contributed by atoms with E-state index in [1.807, 2.05) is 50.3 Å². The molecule has 3 aromatic rings. The van der Waals surface area contributed by atoms with Crippen LogP contribution in [0, 0.1) is 17.0 Å². The van der Waals surface area contributed by atoms with Gasteiger partial charge < -0.3 is 19.7 Å². The van der Waals surface area contributed by atoms with E-state index in [-0.39, 0.29) is 46.8 Å². The molecule has 0 saturated heterocycles. The number of allylic oxidation sites excluding steroid dienone is 8. The lowest BCUT2D eigenvalue weighted by atomic mass is 9.81. The summed E-state index contributed by atoms with van der Waals surface area (Å²) in [5.74, 6) is -0.921. The van der Waals surface area contributed by atoms with Crippen molar-refractivity contribution in [1.29, 1.82) is 0 Å². The lowest BCUT2D eigenvalue weighted by Gasteiger charge is -2.27. The molecule has 0 aromatic heterocycles. The molecule has 3 amide bonds. The minimum Gasteiger partial charge on any atom is -0.377 e. The van der Waals surface area contributed by atoms with Crippen LogP contribution in [0.25, 0.3) is 0 Å². The van der Waals surface area contributed by atoms with Crippen LogP contribution in [0.5, 0.6) is 0 Å². The van der Waals surface area contributed by atoms with Crippen molar-refractivity contribution in [2.45, 2.75) is 82.6 Å². The van der Waals surface area contributed by atoms with Crippen LogP contribution in [0.15, 0.2) is 126 Å². The quantitative estimate of drug-likeness (QED) is 0.0180. The Labute approximate surface area is 392 Å². The number of carbonyl (C=O) groups excluding carboxylic acids is 3. The number of ether oxygens (including phenoxy) is 2. The number of hydrogen-bond acceptors (Lipinski definition) is 10. The second-order valence-corrected chi connectivity index (χ2v) is 19.1. The fourth-order valence-electron chi connectivity index (χ4n) is 8.63. The number of fused-ring (bicyclic) bond motifs is 2. The van der Waals surface area contributed by atoms with Crippen molar-refractivity contribution >= 4 is 50.6 Å². The number of nitrogens with one attached hydrogen (secondary N) is 1. The van der Waals surface area contributed by atoms with Crippen LogP contribution in [-0.2, 0) is 51.4 Å². The molecule has 3 aliphatic heterocycles. The summed E-state index contributed by atoms with van der Waals surface area (Å²) >= 11 is 0. The van der Waals surface area contributed by atoms with Crippen molar-refractivity contribution in [2.24, 2.45) is 0 Å². The van der Waals surface area contributed by atoms with Gasteiger partial charge in [-0.05, 0) is 81.1 Å². The molecule has 0 bridgehead atoms. The van der Waals surface area contributed by atoms with Crippen LogP contribution in [0.4, 0.5) is 17.1 Å². The lowest BCUT2D eigenvalue weighted by molar-refractivity contribution is -0.438. The second kappa shape index (κ2) is 22.0. The Morgan fingerprint density at radius 1 is 0.821 bits per heavy atom. The van der Waals surface area contributed by atoms with Gasteiger partial charge in [0.15, 0.2) is 5.71 Å². The van der Waals surface area contributed by atoms with Crippen LogP contribution in [0.3, 0.4) is 0 Å². The lowest BCUT2D eigenvalue weighted by Crippen LogP contribution is -2.38. The van der Waals surface area contributed by atoms with Crippen LogP contribution in [-0.4, -0.2) is 96.8 Å². The molecule has 0 atom stereocenters. The van der Waals surface area contributed by atoms with Gasteiger partial charge in [0.1, 0.15) is 6.54 Å². The number of nitro groups is 1. The maximum absolute atomic E-state index is 12.5. The van der Waals surface area contributed by atoms with Crippen molar-refractivity contribution in [3.05, 3.63) is 153 Å². The first-order chi connectivity index (χ1) is 31.9. The minimum absolute atomic E-state index is 0.0442. The molecule has 3 heterocycles. The van der Waals surface area contributed by atoms with Crippen LogP contribution < -0.4 is 10.2 Å². The van der Waals surface area contributed by atoms with Crippen LogP contribution >= 0.6 is 0 Å². The van der Waals surface area contributed by atoms with E-state index in [0.29, 0.717) is 52.4 Å². The van der Waals surface area contributed by atoms with E-state index in [2.05, 4.69) is 59.8 Å². The molecule has 0 unspecified atom stereocenters. The summed E-state index contributed by atoms with van der Waals surface area (Å²) in [7, 11) is -4.42. The van der Waals surface area contributed by atoms with Gasteiger partial charge >= 0.3 is 0 Å². The summed E-state index contributed by atoms with van der Waals surface area (Å²) in [6.45, 7) is 13.8. The molecule has 0 spiro atoms. The fourth-order valence-corrected chi connectivity index (χ4v) is 9.14. The molecule has 16 heteroatoms. The number of non-ortho nitro benzene ring substituents is 1. The molecule has 2 N–H and O–H groups in total. The molecule has 0 radical (unpaired) electrons. The normalized spacial score (nSPS) is 17.0. The summed E-state index contributed by atoms with van der Waals surface area (Å²) in [6, 6.07) is 17.5. The fraction of sp³-hybridized carbons (Fsp3) is 0.373. The smallest absolute Gasteiger partial charge is 0.294 e. The van der Waals surface area contributed by atoms with Gasteiger partial charge in [-0.2, -0.15) is 13.0 Å². The van der Waals surface area contributed by atoms with Gasteiger partial charge in [0, 0.05) is 91.3 Å². The molecule has 0 aliphatic carbocycles. The van der Waals surface area contributed by atoms with Gasteiger partial charge in [-0.3, -0.25) is 34.0 Å². The van der Waals surface area contributed by atoms with Crippen molar-refractivity contribution in [1.82, 2.24) is 10.2 Å². The zero-order valence-corrected chi connectivity index (χ0v) is 39.6. The average Bonchev–Trinajstić information content (AvgIpc) is 3.79. The molecular weight excluding hydrogens is 875 g/mol. The number of benzene rings is 3. The number of hydrogen-bond donors (Lipinski definition) is 2. The van der Waals surface area contributed by atoms with Crippen molar-refractivity contribution in [3.8, 4) is 0 Å². The predicted molar refractivity (Wildman–Crippen MR) is 257 cm³/mol. The third-order valence-electron chi connectivity index (χ3n) is 12.3. The summed E-state index contributed by atoms with van der Waals surface area (Å²) in [5, 5.41) is 13.7. The van der Waals surface area contributed by atoms with Crippen molar-refractivity contribution in [2.75, 3.05) is 50.9 Å². The summed E-state index contributed by atoms with van der Waals surface area (Å²) < 4.78 is 48.0. The number of rotatable bonds is 23. The number of anilines is 1. The first kappa shape index (κ1) is 50.1. The third kappa shape index (κ3) is 12.4. The van der Waals surface area contributed by atoms with E-state index in [1.165, 1.54) is 47.5 Å². The van der Waals surface area contributed by atoms with E-state index in [1.54, 1.807) is 18.2 Å². The van der Waals surface area contributed by atoms with E-state index in [9.17, 15) is 37.5 Å². The Hall–Kier alpha value is -6.33. The van der Waals surface area contributed by atoms with Crippen LogP contribution in [0.1, 0.15) is 75.6 Å².